The standard InChI is InChI=1S/C75H130O6/c1-4-7-10-13-16-19-22-25-27-29-30-31-32-33-34-35-36-37-38-39-40-41-42-43-44-46-47-50-53-56-59-62-65-68-74(77)80-71-72(70-79-73(76)67-64-61-58-55-52-49-24-21-18-15-12-9-6-3)81-75(78)69-66-63-60-57-54-51-48-45-28-26-23-20-17-14-11-8-5-2/h8,11-12,15,17,20-22,24-26,28-30,32-33,72H,4-7,9-10,13-14,16,18-19,23,27,31,34-71H2,1-3H3/b11-8-,15-12-,20-17-,24-21-,25-22-,28-26-,30-29-,33-32-. The van der Waals surface area contributed by atoms with Crippen molar-refractivity contribution in [1.82, 2.24) is 0 Å². The fraction of sp³-hybridized carbons (Fsp3) is 0.747. The van der Waals surface area contributed by atoms with Gasteiger partial charge in [0.15, 0.2) is 6.10 Å². The Morgan fingerprint density at radius 2 is 0.506 bits per heavy atom. The largest absolute Gasteiger partial charge is 0.462 e. The van der Waals surface area contributed by atoms with Crippen molar-refractivity contribution in [3.63, 3.8) is 0 Å². The van der Waals surface area contributed by atoms with Gasteiger partial charge in [0.2, 0.25) is 0 Å². The van der Waals surface area contributed by atoms with Gasteiger partial charge in [-0.05, 0) is 116 Å². The quantitative estimate of drug-likeness (QED) is 0.0261. The number of unbranched alkanes of at least 4 members (excludes halogenated alkanes) is 36. The number of hydrogen-bond donors (Lipinski definition) is 0. The van der Waals surface area contributed by atoms with Crippen molar-refractivity contribution in [1.29, 1.82) is 0 Å². The van der Waals surface area contributed by atoms with Crippen LogP contribution in [0.3, 0.4) is 0 Å². The molecule has 0 saturated heterocycles. The van der Waals surface area contributed by atoms with Crippen LogP contribution in [0.1, 0.15) is 342 Å². The number of carbonyl (C=O) groups excluding carboxylic acids is 3. The maximum Gasteiger partial charge on any atom is 0.306 e. The Balaban J connectivity index is 4.17. The number of allylic oxidation sites excluding steroid dienone is 16. The van der Waals surface area contributed by atoms with Crippen molar-refractivity contribution in [2.24, 2.45) is 0 Å². The number of ether oxygens (including phenoxy) is 3. The lowest BCUT2D eigenvalue weighted by molar-refractivity contribution is -0.167. The Labute approximate surface area is 502 Å². The smallest absolute Gasteiger partial charge is 0.306 e. The first-order chi connectivity index (χ1) is 40.0. The zero-order chi connectivity index (χ0) is 58.5. The van der Waals surface area contributed by atoms with E-state index in [1.807, 2.05) is 0 Å². The monoisotopic (exact) mass is 1130 g/mol. The molecule has 0 spiro atoms. The minimum atomic E-state index is -0.789. The lowest BCUT2D eigenvalue weighted by Gasteiger charge is -2.18. The van der Waals surface area contributed by atoms with E-state index in [9.17, 15) is 14.4 Å². The second kappa shape index (κ2) is 68.8. The molecule has 6 heteroatoms. The summed E-state index contributed by atoms with van der Waals surface area (Å²) in [5, 5.41) is 0. The Bertz CT molecular complexity index is 1580. The topological polar surface area (TPSA) is 78.9 Å². The third-order valence-corrected chi connectivity index (χ3v) is 15.0. The van der Waals surface area contributed by atoms with Gasteiger partial charge in [-0.15, -0.1) is 0 Å². The molecule has 6 nitrogen and oxygen atoms in total. The van der Waals surface area contributed by atoms with Gasteiger partial charge in [-0.25, -0.2) is 0 Å². The fourth-order valence-corrected chi connectivity index (χ4v) is 9.86. The Morgan fingerprint density at radius 3 is 0.802 bits per heavy atom. The second-order valence-electron chi connectivity index (χ2n) is 23.1. The summed E-state index contributed by atoms with van der Waals surface area (Å²) in [7, 11) is 0. The van der Waals surface area contributed by atoms with Crippen LogP contribution in [0, 0.1) is 0 Å². The van der Waals surface area contributed by atoms with Crippen molar-refractivity contribution < 1.29 is 28.6 Å². The van der Waals surface area contributed by atoms with Crippen LogP contribution in [0.25, 0.3) is 0 Å². The number of carbonyl (C=O) groups is 3. The van der Waals surface area contributed by atoms with Crippen molar-refractivity contribution in [3.8, 4) is 0 Å². The lowest BCUT2D eigenvalue weighted by atomic mass is 10.0. The van der Waals surface area contributed by atoms with Crippen LogP contribution in [-0.4, -0.2) is 37.2 Å². The molecule has 0 aromatic heterocycles. The predicted octanol–water partition coefficient (Wildman–Crippen LogP) is 24.0. The average molecular weight is 1130 g/mol. The highest BCUT2D eigenvalue weighted by atomic mass is 16.6. The van der Waals surface area contributed by atoms with Crippen LogP contribution in [-0.2, 0) is 28.6 Å². The van der Waals surface area contributed by atoms with Crippen LogP contribution in [0.4, 0.5) is 0 Å². The summed E-state index contributed by atoms with van der Waals surface area (Å²) in [5.41, 5.74) is 0. The fourth-order valence-electron chi connectivity index (χ4n) is 9.86. The Morgan fingerprint density at radius 1 is 0.259 bits per heavy atom. The summed E-state index contributed by atoms with van der Waals surface area (Å²) < 4.78 is 16.9. The zero-order valence-electron chi connectivity index (χ0n) is 53.5. The normalized spacial score (nSPS) is 12.7. The lowest BCUT2D eigenvalue weighted by Crippen LogP contribution is -2.30. The minimum absolute atomic E-state index is 0.0839. The van der Waals surface area contributed by atoms with E-state index in [1.165, 1.54) is 173 Å². The van der Waals surface area contributed by atoms with E-state index >= 15 is 0 Å². The van der Waals surface area contributed by atoms with Gasteiger partial charge in [0.05, 0.1) is 0 Å². The van der Waals surface area contributed by atoms with Crippen molar-refractivity contribution >= 4 is 17.9 Å². The molecule has 0 bridgehead atoms. The van der Waals surface area contributed by atoms with Gasteiger partial charge in [0, 0.05) is 19.3 Å². The molecule has 0 radical (unpaired) electrons. The van der Waals surface area contributed by atoms with Gasteiger partial charge in [-0.2, -0.15) is 0 Å². The number of rotatable bonds is 63. The molecule has 81 heavy (non-hydrogen) atoms. The summed E-state index contributed by atoms with van der Waals surface area (Å²) in [5.74, 6) is -0.896. The molecule has 0 amide bonds. The van der Waals surface area contributed by atoms with E-state index in [-0.39, 0.29) is 31.1 Å². The summed E-state index contributed by atoms with van der Waals surface area (Å²) in [4.78, 5) is 38.3. The molecule has 0 aliphatic carbocycles. The first kappa shape index (κ1) is 77.3. The highest BCUT2D eigenvalue weighted by Gasteiger charge is 2.19. The molecule has 0 aromatic carbocycles. The Hall–Kier alpha value is -3.67. The predicted molar refractivity (Wildman–Crippen MR) is 353 cm³/mol. The van der Waals surface area contributed by atoms with Gasteiger partial charge in [0.1, 0.15) is 13.2 Å². The van der Waals surface area contributed by atoms with Crippen molar-refractivity contribution in [3.05, 3.63) is 97.2 Å². The SMILES string of the molecule is CC/C=C\C/C=C\C/C=C\CCCCCCCCCC(=O)OC(COC(=O)CCCCCCC/C=C\C/C=C\CCC)COC(=O)CCCCCCCCCCCCCCCCCCCC/C=C\C/C=C\C/C=C\CCCCCCC. The van der Waals surface area contributed by atoms with Gasteiger partial charge >= 0.3 is 17.9 Å². The van der Waals surface area contributed by atoms with E-state index in [0.717, 1.165) is 128 Å². The molecular weight excluding hydrogens is 997 g/mol. The van der Waals surface area contributed by atoms with E-state index in [0.29, 0.717) is 19.3 Å². The van der Waals surface area contributed by atoms with Crippen LogP contribution in [0.5, 0.6) is 0 Å². The molecule has 0 rings (SSSR count). The van der Waals surface area contributed by atoms with Crippen molar-refractivity contribution in [2.45, 2.75) is 348 Å². The molecule has 0 aliphatic heterocycles. The Kier molecular flexibility index (Phi) is 65.7. The summed E-state index contributed by atoms with van der Waals surface area (Å²) in [6.45, 7) is 6.47. The number of esters is 3. The van der Waals surface area contributed by atoms with Crippen LogP contribution in [0.15, 0.2) is 97.2 Å². The van der Waals surface area contributed by atoms with Crippen molar-refractivity contribution in [2.75, 3.05) is 13.2 Å². The minimum Gasteiger partial charge on any atom is -0.462 e. The zero-order valence-corrected chi connectivity index (χ0v) is 53.5. The third kappa shape index (κ3) is 67.0. The van der Waals surface area contributed by atoms with Gasteiger partial charge in [0.25, 0.3) is 0 Å². The molecule has 1 atom stereocenters. The van der Waals surface area contributed by atoms with Gasteiger partial charge in [-0.1, -0.05) is 304 Å². The van der Waals surface area contributed by atoms with Gasteiger partial charge < -0.3 is 14.2 Å². The highest BCUT2D eigenvalue weighted by Crippen LogP contribution is 2.17. The van der Waals surface area contributed by atoms with E-state index in [4.69, 9.17) is 14.2 Å². The first-order valence-electron chi connectivity index (χ1n) is 34.7. The average Bonchev–Trinajstić information content (AvgIpc) is 3.46. The summed E-state index contributed by atoms with van der Waals surface area (Å²) in [6, 6.07) is 0. The number of hydrogen-bond acceptors (Lipinski definition) is 6. The van der Waals surface area contributed by atoms with Crippen LogP contribution < -0.4 is 0 Å². The molecule has 0 heterocycles. The molecule has 0 saturated carbocycles. The van der Waals surface area contributed by atoms with Crippen LogP contribution >= 0.6 is 0 Å². The molecule has 466 valence electrons. The molecular formula is C75H130O6. The maximum atomic E-state index is 12.9. The van der Waals surface area contributed by atoms with Crippen LogP contribution in [0.2, 0.25) is 0 Å². The highest BCUT2D eigenvalue weighted by molar-refractivity contribution is 5.71. The summed E-state index contributed by atoms with van der Waals surface area (Å²) in [6.07, 6.45) is 93.0. The third-order valence-electron chi connectivity index (χ3n) is 15.0. The van der Waals surface area contributed by atoms with E-state index in [2.05, 4.69) is 118 Å². The van der Waals surface area contributed by atoms with E-state index in [1.54, 1.807) is 0 Å². The first-order valence-corrected chi connectivity index (χ1v) is 34.7. The molecule has 1 unspecified atom stereocenters. The summed E-state index contributed by atoms with van der Waals surface area (Å²) >= 11 is 0. The molecule has 0 aliphatic rings. The van der Waals surface area contributed by atoms with E-state index < -0.39 is 6.10 Å². The molecule has 0 N–H and O–H groups in total. The maximum absolute atomic E-state index is 12.9. The molecule has 0 fully saturated rings. The second-order valence-corrected chi connectivity index (χ2v) is 23.1. The van der Waals surface area contributed by atoms with Gasteiger partial charge in [-0.3, -0.25) is 14.4 Å². The molecule has 0 aromatic rings.